The molecule has 2 aromatic heterocycles. The molecule has 26 heavy (non-hydrogen) atoms. The van der Waals surface area contributed by atoms with Crippen molar-refractivity contribution < 1.29 is 22.9 Å². The topological polar surface area (TPSA) is 120 Å². The molecule has 0 bridgehead atoms. The van der Waals surface area contributed by atoms with Crippen molar-refractivity contribution in [3.8, 4) is 0 Å². The molecule has 10 nitrogen and oxygen atoms in total. The number of aromatic nitrogens is 4. The van der Waals surface area contributed by atoms with Gasteiger partial charge < -0.3 is 0 Å². The average molecular weight is 373 g/mol. The zero-order chi connectivity index (χ0) is 19.3. The third-order valence-corrected chi connectivity index (χ3v) is 3.21. The largest absolute Gasteiger partial charge is 0.408 e. The summed E-state index contributed by atoms with van der Waals surface area (Å²) in [5, 5.41) is 21.8. The number of nitro groups is 1. The van der Waals surface area contributed by atoms with Crippen LogP contribution in [0.25, 0.3) is 0 Å². The zero-order valence-corrected chi connectivity index (χ0v) is 13.5. The van der Waals surface area contributed by atoms with Gasteiger partial charge >= 0.3 is 11.9 Å². The molecule has 0 saturated heterocycles. The summed E-state index contributed by atoms with van der Waals surface area (Å²) in [4.78, 5) is 21.8. The van der Waals surface area contributed by atoms with Crippen LogP contribution in [0.15, 0.2) is 23.6 Å². The lowest BCUT2D eigenvalue weighted by molar-refractivity contribution is -0.385. The van der Waals surface area contributed by atoms with Crippen LogP contribution in [0.3, 0.4) is 0 Å². The van der Waals surface area contributed by atoms with Crippen LogP contribution >= 0.6 is 0 Å². The molecule has 0 aromatic carbocycles. The summed E-state index contributed by atoms with van der Waals surface area (Å²) in [5.74, 6) is -0.492. The van der Waals surface area contributed by atoms with Gasteiger partial charge in [0, 0.05) is 12.6 Å². The van der Waals surface area contributed by atoms with Crippen LogP contribution in [-0.4, -0.2) is 42.8 Å². The molecule has 0 fully saturated rings. The number of nitrogens with zero attached hydrogens (tertiary/aromatic N) is 6. The van der Waals surface area contributed by atoms with E-state index in [1.54, 1.807) is 0 Å². The molecule has 0 aliphatic rings. The maximum Gasteiger partial charge on any atom is 0.408 e. The second-order valence-electron chi connectivity index (χ2n) is 5.19. The fraction of sp³-hybridized carbons (Fsp3) is 0.385. The van der Waals surface area contributed by atoms with Crippen molar-refractivity contribution in [1.82, 2.24) is 25.0 Å². The highest BCUT2D eigenvalue weighted by Crippen LogP contribution is 2.17. The van der Waals surface area contributed by atoms with Crippen molar-refractivity contribution in [1.29, 1.82) is 0 Å². The Morgan fingerprint density at radius 2 is 2.23 bits per heavy atom. The quantitative estimate of drug-likeness (QED) is 0.447. The van der Waals surface area contributed by atoms with Gasteiger partial charge in [0.15, 0.2) is 0 Å². The molecule has 2 heterocycles. The number of halogens is 3. The van der Waals surface area contributed by atoms with Gasteiger partial charge in [-0.1, -0.05) is 0 Å². The monoisotopic (exact) mass is 373 g/mol. The Morgan fingerprint density at radius 1 is 1.50 bits per heavy atom. The van der Waals surface area contributed by atoms with Crippen molar-refractivity contribution in [2.24, 2.45) is 5.10 Å². The highest BCUT2D eigenvalue weighted by molar-refractivity contribution is 5.80. The van der Waals surface area contributed by atoms with E-state index in [-0.39, 0.29) is 24.3 Å². The van der Waals surface area contributed by atoms with Crippen LogP contribution in [-0.2, 0) is 17.9 Å². The second-order valence-corrected chi connectivity index (χ2v) is 5.19. The van der Waals surface area contributed by atoms with Crippen LogP contribution in [0, 0.1) is 17.0 Å². The normalized spacial score (nSPS) is 11.8. The van der Waals surface area contributed by atoms with E-state index >= 15 is 0 Å². The number of hydrogen-bond acceptors (Lipinski definition) is 6. The van der Waals surface area contributed by atoms with E-state index in [9.17, 15) is 28.1 Å². The SMILES string of the molecule is Cc1c([N+](=O)[O-])cnn1CCC(=O)NN=Cc1ccn(CC(F)(F)F)n1. The van der Waals surface area contributed by atoms with Crippen molar-refractivity contribution in [3.63, 3.8) is 0 Å². The summed E-state index contributed by atoms with van der Waals surface area (Å²) in [7, 11) is 0. The molecule has 140 valence electrons. The van der Waals surface area contributed by atoms with E-state index in [1.165, 1.54) is 17.7 Å². The Bertz CT molecular complexity index is 825. The average Bonchev–Trinajstić information content (AvgIpc) is 3.10. The molecular weight excluding hydrogens is 359 g/mol. The lowest BCUT2D eigenvalue weighted by Crippen LogP contribution is -2.20. The van der Waals surface area contributed by atoms with Crippen LogP contribution in [0.4, 0.5) is 18.9 Å². The lowest BCUT2D eigenvalue weighted by atomic mass is 10.3. The number of rotatable bonds is 7. The molecule has 0 atom stereocenters. The summed E-state index contributed by atoms with van der Waals surface area (Å²) < 4.78 is 38.7. The predicted octanol–water partition coefficient (Wildman–Crippen LogP) is 1.40. The van der Waals surface area contributed by atoms with Gasteiger partial charge in [-0.3, -0.25) is 24.3 Å². The Morgan fingerprint density at radius 3 is 2.85 bits per heavy atom. The molecule has 0 unspecified atom stereocenters. The lowest BCUT2D eigenvalue weighted by Gasteiger charge is -2.04. The summed E-state index contributed by atoms with van der Waals surface area (Å²) in [5.41, 5.74) is 2.52. The molecule has 13 heteroatoms. The van der Waals surface area contributed by atoms with Gasteiger partial charge in [-0.05, 0) is 13.0 Å². The second kappa shape index (κ2) is 7.76. The third kappa shape index (κ3) is 5.39. The summed E-state index contributed by atoms with van der Waals surface area (Å²) >= 11 is 0. The number of carbonyl (C=O) groups excluding carboxylic acids is 1. The first-order valence-electron chi connectivity index (χ1n) is 7.24. The minimum atomic E-state index is -4.38. The van der Waals surface area contributed by atoms with Crippen LogP contribution < -0.4 is 5.43 Å². The van der Waals surface area contributed by atoms with Crippen molar-refractivity contribution in [3.05, 3.63) is 40.0 Å². The van der Waals surface area contributed by atoms with E-state index < -0.39 is 23.6 Å². The molecule has 1 N–H and O–H groups in total. The molecule has 0 aliphatic carbocycles. The van der Waals surface area contributed by atoms with Crippen molar-refractivity contribution in [2.75, 3.05) is 0 Å². The molecule has 0 aliphatic heterocycles. The van der Waals surface area contributed by atoms with E-state index in [0.717, 1.165) is 18.6 Å². The summed E-state index contributed by atoms with van der Waals surface area (Å²) in [6.07, 6.45) is -1.07. The van der Waals surface area contributed by atoms with Gasteiger partial charge in [0.25, 0.3) is 0 Å². The molecule has 1 amide bonds. The number of carbonyl (C=O) groups is 1. The number of nitrogens with one attached hydrogen (secondary N) is 1. The first kappa shape index (κ1) is 19.1. The van der Waals surface area contributed by atoms with Gasteiger partial charge in [0.2, 0.25) is 5.91 Å². The molecule has 0 saturated carbocycles. The standard InChI is InChI=1S/C13H14F3N7O3/c1-9-11(23(25)26)7-18-22(9)5-3-12(24)19-17-6-10-2-4-21(20-10)8-13(14,15)16/h2,4,6-7H,3,5,8H2,1H3,(H,19,24). The molecule has 2 aromatic rings. The number of amides is 1. The number of alkyl halides is 3. The fourth-order valence-corrected chi connectivity index (χ4v) is 1.99. The Hall–Kier alpha value is -3.25. The maximum absolute atomic E-state index is 12.2. The van der Waals surface area contributed by atoms with Gasteiger partial charge in [0.1, 0.15) is 24.1 Å². The van der Waals surface area contributed by atoms with E-state index in [1.807, 2.05) is 0 Å². The smallest absolute Gasteiger partial charge is 0.273 e. The maximum atomic E-state index is 12.2. The first-order valence-corrected chi connectivity index (χ1v) is 7.24. The molecule has 0 radical (unpaired) electrons. The predicted molar refractivity (Wildman–Crippen MR) is 82.3 cm³/mol. The van der Waals surface area contributed by atoms with Gasteiger partial charge in [-0.2, -0.15) is 28.5 Å². The number of hydrazone groups is 1. The van der Waals surface area contributed by atoms with Crippen molar-refractivity contribution in [2.45, 2.75) is 32.6 Å². The van der Waals surface area contributed by atoms with Crippen LogP contribution in [0.5, 0.6) is 0 Å². The fourth-order valence-electron chi connectivity index (χ4n) is 1.99. The van der Waals surface area contributed by atoms with Gasteiger partial charge in [-0.15, -0.1) is 0 Å². The Labute approximate surface area is 144 Å². The highest BCUT2D eigenvalue weighted by atomic mass is 19.4. The third-order valence-electron chi connectivity index (χ3n) is 3.21. The van der Waals surface area contributed by atoms with E-state index in [4.69, 9.17) is 0 Å². The van der Waals surface area contributed by atoms with Crippen molar-refractivity contribution >= 4 is 17.8 Å². The van der Waals surface area contributed by atoms with Crippen LogP contribution in [0.1, 0.15) is 17.8 Å². The Kier molecular flexibility index (Phi) is 5.69. The highest BCUT2D eigenvalue weighted by Gasteiger charge is 2.28. The summed E-state index contributed by atoms with van der Waals surface area (Å²) in [6.45, 7) is 0.405. The first-order chi connectivity index (χ1) is 12.2. The van der Waals surface area contributed by atoms with Gasteiger partial charge in [-0.25, -0.2) is 5.43 Å². The minimum absolute atomic E-state index is 0.0421. The van der Waals surface area contributed by atoms with Crippen LogP contribution in [0.2, 0.25) is 0 Å². The van der Waals surface area contributed by atoms with E-state index in [0.29, 0.717) is 10.4 Å². The number of hydrogen-bond donors (Lipinski definition) is 1. The number of aryl methyl sites for hydroxylation is 1. The van der Waals surface area contributed by atoms with E-state index in [2.05, 4.69) is 20.7 Å². The summed E-state index contributed by atoms with van der Waals surface area (Å²) in [6, 6.07) is 1.31. The molecule has 0 spiro atoms. The molecular formula is C13H14F3N7O3. The zero-order valence-electron chi connectivity index (χ0n) is 13.5. The minimum Gasteiger partial charge on any atom is -0.273 e. The Balaban J connectivity index is 1.82. The molecule has 2 rings (SSSR count). The van der Waals surface area contributed by atoms with Gasteiger partial charge in [0.05, 0.1) is 17.7 Å².